The molecule has 1 unspecified atom stereocenters. The zero-order chi connectivity index (χ0) is 20.5. The highest BCUT2D eigenvalue weighted by molar-refractivity contribution is 5.84. The third kappa shape index (κ3) is 5.39. The van der Waals surface area contributed by atoms with Gasteiger partial charge in [0.15, 0.2) is 11.5 Å². The van der Waals surface area contributed by atoms with Crippen molar-refractivity contribution in [3.63, 3.8) is 0 Å². The van der Waals surface area contributed by atoms with Gasteiger partial charge in [0.2, 0.25) is 11.7 Å². The molecule has 0 bridgehead atoms. The van der Waals surface area contributed by atoms with Gasteiger partial charge in [0.05, 0.1) is 21.3 Å². The molecule has 2 aromatic carbocycles. The second kappa shape index (κ2) is 10.2. The summed E-state index contributed by atoms with van der Waals surface area (Å²) in [6, 6.07) is 11.7. The molecule has 2 rings (SSSR count). The van der Waals surface area contributed by atoms with E-state index in [2.05, 4.69) is 5.32 Å². The van der Waals surface area contributed by atoms with Crippen molar-refractivity contribution in [2.45, 2.75) is 25.3 Å². The molecule has 0 saturated carbocycles. The zero-order valence-corrected chi connectivity index (χ0v) is 16.2. The molecule has 150 valence electrons. The van der Waals surface area contributed by atoms with Crippen LogP contribution in [-0.4, -0.2) is 44.4 Å². The quantitative estimate of drug-likeness (QED) is 0.650. The number of nitrogens with one attached hydrogen (secondary N) is 1. The van der Waals surface area contributed by atoms with Crippen molar-refractivity contribution in [3.05, 3.63) is 53.6 Å². The summed E-state index contributed by atoms with van der Waals surface area (Å²) < 4.78 is 16.0. The average molecular weight is 387 g/mol. The number of aliphatic carboxylic acids is 1. The largest absolute Gasteiger partial charge is 0.493 e. The molecule has 2 aromatic rings. The van der Waals surface area contributed by atoms with E-state index in [-0.39, 0.29) is 18.7 Å². The van der Waals surface area contributed by atoms with Crippen LogP contribution in [-0.2, 0) is 22.4 Å². The van der Waals surface area contributed by atoms with Gasteiger partial charge in [-0.15, -0.1) is 0 Å². The summed E-state index contributed by atoms with van der Waals surface area (Å²) in [5, 5.41) is 12.0. The van der Waals surface area contributed by atoms with E-state index < -0.39 is 12.0 Å². The predicted molar refractivity (Wildman–Crippen MR) is 104 cm³/mol. The van der Waals surface area contributed by atoms with E-state index >= 15 is 0 Å². The highest BCUT2D eigenvalue weighted by Crippen LogP contribution is 2.40. The third-order valence-corrected chi connectivity index (χ3v) is 4.32. The van der Waals surface area contributed by atoms with Crippen molar-refractivity contribution >= 4 is 11.9 Å². The smallest absolute Gasteiger partial charge is 0.326 e. The first-order chi connectivity index (χ1) is 13.5. The zero-order valence-electron chi connectivity index (χ0n) is 16.2. The molecule has 0 spiro atoms. The van der Waals surface area contributed by atoms with Crippen LogP contribution in [0.1, 0.15) is 17.5 Å². The predicted octanol–water partition coefficient (Wildman–Crippen LogP) is 2.46. The van der Waals surface area contributed by atoms with Gasteiger partial charge < -0.3 is 24.6 Å². The van der Waals surface area contributed by atoms with Crippen molar-refractivity contribution < 1.29 is 28.9 Å². The first-order valence-corrected chi connectivity index (χ1v) is 8.84. The second-order valence-electron chi connectivity index (χ2n) is 6.14. The van der Waals surface area contributed by atoms with Crippen LogP contribution in [0, 0.1) is 0 Å². The van der Waals surface area contributed by atoms with E-state index in [1.165, 1.54) is 21.3 Å². The monoisotopic (exact) mass is 387 g/mol. The van der Waals surface area contributed by atoms with Crippen LogP contribution in [0.4, 0.5) is 0 Å². The highest BCUT2D eigenvalue weighted by Gasteiger charge is 2.21. The Hall–Kier alpha value is -3.22. The molecule has 0 radical (unpaired) electrons. The molecule has 0 aliphatic heterocycles. The fraction of sp³-hybridized carbons (Fsp3) is 0.333. The van der Waals surface area contributed by atoms with Crippen LogP contribution in [0.5, 0.6) is 17.2 Å². The minimum Gasteiger partial charge on any atom is -0.493 e. The van der Waals surface area contributed by atoms with Crippen LogP contribution >= 0.6 is 0 Å². The molecule has 0 aliphatic carbocycles. The molecular weight excluding hydrogens is 362 g/mol. The molecule has 2 N–H and O–H groups in total. The number of carboxylic acids is 1. The Balaban J connectivity index is 2.03. The molecule has 0 aromatic heterocycles. The minimum absolute atomic E-state index is 0.115. The fourth-order valence-electron chi connectivity index (χ4n) is 2.92. The molecule has 28 heavy (non-hydrogen) atoms. The minimum atomic E-state index is -1.07. The van der Waals surface area contributed by atoms with E-state index in [9.17, 15) is 14.7 Å². The number of aryl methyl sites for hydroxylation is 1. The number of hydrogen-bond acceptors (Lipinski definition) is 5. The van der Waals surface area contributed by atoms with Gasteiger partial charge in [-0.1, -0.05) is 36.4 Å². The van der Waals surface area contributed by atoms with E-state index in [4.69, 9.17) is 14.2 Å². The highest BCUT2D eigenvalue weighted by atomic mass is 16.5. The molecule has 0 fully saturated rings. The van der Waals surface area contributed by atoms with E-state index in [0.29, 0.717) is 23.7 Å². The van der Waals surface area contributed by atoms with E-state index in [1.54, 1.807) is 12.1 Å². The summed E-state index contributed by atoms with van der Waals surface area (Å²) in [5.41, 5.74) is 1.61. The molecule has 1 atom stereocenters. The maximum Gasteiger partial charge on any atom is 0.326 e. The van der Waals surface area contributed by atoms with Crippen molar-refractivity contribution in [3.8, 4) is 17.2 Å². The van der Waals surface area contributed by atoms with Gasteiger partial charge in [0.1, 0.15) is 6.04 Å². The van der Waals surface area contributed by atoms with Gasteiger partial charge in [-0.3, -0.25) is 4.79 Å². The Labute approximate surface area is 164 Å². The number of methoxy groups -OCH3 is 3. The summed E-state index contributed by atoms with van der Waals surface area (Å²) >= 11 is 0. The molecule has 0 heterocycles. The van der Waals surface area contributed by atoms with Gasteiger partial charge >= 0.3 is 5.97 Å². The first kappa shape index (κ1) is 21.1. The van der Waals surface area contributed by atoms with Crippen molar-refractivity contribution in [2.75, 3.05) is 21.3 Å². The van der Waals surface area contributed by atoms with Crippen molar-refractivity contribution in [1.82, 2.24) is 5.32 Å². The Morgan fingerprint density at radius 3 is 2.21 bits per heavy atom. The Kier molecular flexibility index (Phi) is 7.68. The van der Waals surface area contributed by atoms with Gasteiger partial charge in [-0.05, 0) is 23.6 Å². The molecule has 1 amide bonds. The summed E-state index contributed by atoms with van der Waals surface area (Å²) in [4.78, 5) is 23.8. The lowest BCUT2D eigenvalue weighted by molar-refractivity contribution is -0.141. The van der Waals surface area contributed by atoms with Crippen LogP contribution in [0.15, 0.2) is 42.5 Å². The van der Waals surface area contributed by atoms with Crippen molar-refractivity contribution in [1.29, 1.82) is 0 Å². The molecule has 7 nitrogen and oxygen atoms in total. The van der Waals surface area contributed by atoms with Gasteiger partial charge in [0, 0.05) is 12.8 Å². The van der Waals surface area contributed by atoms with Crippen LogP contribution in [0.25, 0.3) is 0 Å². The Morgan fingerprint density at radius 2 is 1.64 bits per heavy atom. The Morgan fingerprint density at radius 1 is 0.964 bits per heavy atom. The summed E-state index contributed by atoms with van der Waals surface area (Å²) in [5.74, 6) is 0.0616. The fourth-order valence-corrected chi connectivity index (χ4v) is 2.92. The summed E-state index contributed by atoms with van der Waals surface area (Å²) in [6.07, 6.45) is 0.707. The number of hydrogen-bond donors (Lipinski definition) is 2. The molecular formula is C21H25NO6. The van der Waals surface area contributed by atoms with Gasteiger partial charge in [0.25, 0.3) is 0 Å². The maximum absolute atomic E-state index is 12.3. The van der Waals surface area contributed by atoms with Crippen LogP contribution in [0.2, 0.25) is 0 Å². The molecule has 0 saturated heterocycles. The topological polar surface area (TPSA) is 94.1 Å². The summed E-state index contributed by atoms with van der Waals surface area (Å²) in [6.45, 7) is 0. The molecule has 7 heteroatoms. The maximum atomic E-state index is 12.3. The Bertz CT molecular complexity index is 806. The number of ether oxygens (including phenoxy) is 3. The lowest BCUT2D eigenvalue weighted by atomic mass is 10.0. The number of benzene rings is 2. The normalized spacial score (nSPS) is 11.4. The lowest BCUT2D eigenvalue weighted by Gasteiger charge is -2.17. The van der Waals surface area contributed by atoms with Gasteiger partial charge in [-0.25, -0.2) is 4.79 Å². The average Bonchev–Trinajstić information content (AvgIpc) is 2.71. The number of rotatable bonds is 10. The number of carbonyl (C=O) groups excluding carboxylic acids is 1. The van der Waals surface area contributed by atoms with Crippen molar-refractivity contribution in [2.24, 2.45) is 0 Å². The standard InChI is InChI=1S/C21H25NO6/c1-26-17-11-9-15(19(27-2)20(17)28-3)10-12-18(23)22-16(21(24)25)13-14-7-5-4-6-8-14/h4-9,11,16H,10,12-13H2,1-3H3,(H,22,23)(H,24,25). The summed E-state index contributed by atoms with van der Waals surface area (Å²) in [7, 11) is 4.56. The number of carbonyl (C=O) groups is 2. The van der Waals surface area contributed by atoms with Gasteiger partial charge in [-0.2, -0.15) is 0 Å². The first-order valence-electron chi connectivity index (χ1n) is 8.84. The number of amides is 1. The number of carboxylic acid groups (broad SMARTS) is 1. The van der Waals surface area contributed by atoms with Crippen LogP contribution < -0.4 is 19.5 Å². The SMILES string of the molecule is COc1ccc(CCC(=O)NC(Cc2ccccc2)C(=O)O)c(OC)c1OC. The lowest BCUT2D eigenvalue weighted by Crippen LogP contribution is -2.42. The van der Waals surface area contributed by atoms with E-state index in [1.807, 2.05) is 30.3 Å². The molecule has 0 aliphatic rings. The van der Waals surface area contributed by atoms with Crippen LogP contribution in [0.3, 0.4) is 0 Å². The second-order valence-corrected chi connectivity index (χ2v) is 6.14. The third-order valence-electron chi connectivity index (χ3n) is 4.32. The van der Waals surface area contributed by atoms with E-state index in [0.717, 1.165) is 11.1 Å².